The van der Waals surface area contributed by atoms with Crippen molar-refractivity contribution in [2.45, 2.75) is 38.6 Å². The average molecular weight is 321 g/mol. The monoisotopic (exact) mass is 321 g/mol. The van der Waals surface area contributed by atoms with Crippen molar-refractivity contribution in [1.29, 1.82) is 0 Å². The van der Waals surface area contributed by atoms with E-state index in [2.05, 4.69) is 10.1 Å². The van der Waals surface area contributed by atoms with Gasteiger partial charge in [-0.3, -0.25) is 4.79 Å². The first kappa shape index (κ1) is 15.6. The van der Waals surface area contributed by atoms with Gasteiger partial charge in [-0.05, 0) is 25.0 Å². The van der Waals surface area contributed by atoms with Gasteiger partial charge in [0.1, 0.15) is 11.6 Å². The summed E-state index contributed by atoms with van der Waals surface area (Å²) in [5.41, 5.74) is -0.0890. The van der Waals surface area contributed by atoms with Crippen LogP contribution in [0.2, 0.25) is 0 Å². The Balaban J connectivity index is 1.77. The van der Waals surface area contributed by atoms with Gasteiger partial charge in [0.05, 0.1) is 12.5 Å². The first-order valence-corrected chi connectivity index (χ1v) is 7.60. The van der Waals surface area contributed by atoms with E-state index in [9.17, 15) is 13.6 Å². The van der Waals surface area contributed by atoms with E-state index in [4.69, 9.17) is 4.52 Å². The van der Waals surface area contributed by atoms with Gasteiger partial charge in [0.25, 0.3) is 0 Å². The van der Waals surface area contributed by atoms with Crippen molar-refractivity contribution in [2.24, 2.45) is 0 Å². The lowest BCUT2D eigenvalue weighted by molar-refractivity contribution is -0.134. The lowest BCUT2D eigenvalue weighted by Gasteiger charge is -2.24. The van der Waals surface area contributed by atoms with Crippen LogP contribution >= 0.6 is 0 Å². The standard InChI is InChI=1S/C16H17F2N3O2/c1-10(15-11(17)5-4-6-12(15)18)16-19-13(23-20-16)9-21-8-3-2-7-14(21)22/h4-6,10H,2-3,7-9H2,1H3. The second-order valence-electron chi connectivity index (χ2n) is 5.68. The Hall–Kier alpha value is -2.31. The molecule has 1 unspecified atom stereocenters. The molecule has 23 heavy (non-hydrogen) atoms. The third-order valence-electron chi connectivity index (χ3n) is 4.05. The fourth-order valence-corrected chi connectivity index (χ4v) is 2.75. The predicted octanol–water partition coefficient (Wildman–Crippen LogP) is 3.01. The number of halogens is 2. The number of benzene rings is 1. The fourth-order valence-electron chi connectivity index (χ4n) is 2.75. The molecule has 0 radical (unpaired) electrons. The zero-order chi connectivity index (χ0) is 16.4. The summed E-state index contributed by atoms with van der Waals surface area (Å²) >= 11 is 0. The normalized spacial score (nSPS) is 16.7. The van der Waals surface area contributed by atoms with Crippen LogP contribution in [0.5, 0.6) is 0 Å². The molecule has 1 aromatic carbocycles. The van der Waals surface area contributed by atoms with Crippen molar-refractivity contribution in [3.8, 4) is 0 Å². The lowest BCUT2D eigenvalue weighted by atomic mass is 9.99. The number of hydrogen-bond donors (Lipinski definition) is 0. The largest absolute Gasteiger partial charge is 0.337 e. The first-order chi connectivity index (χ1) is 11.1. The van der Waals surface area contributed by atoms with Crippen LogP contribution in [-0.2, 0) is 11.3 Å². The summed E-state index contributed by atoms with van der Waals surface area (Å²) in [7, 11) is 0. The summed E-state index contributed by atoms with van der Waals surface area (Å²) < 4.78 is 32.8. The van der Waals surface area contributed by atoms with Crippen LogP contribution in [0.25, 0.3) is 0 Å². The third-order valence-corrected chi connectivity index (χ3v) is 4.05. The Morgan fingerprint density at radius 1 is 1.30 bits per heavy atom. The molecule has 3 rings (SSSR count). The lowest BCUT2D eigenvalue weighted by Crippen LogP contribution is -2.34. The van der Waals surface area contributed by atoms with Crippen molar-refractivity contribution < 1.29 is 18.1 Å². The van der Waals surface area contributed by atoms with Gasteiger partial charge in [0.15, 0.2) is 5.82 Å². The molecule has 5 nitrogen and oxygen atoms in total. The highest BCUT2D eigenvalue weighted by molar-refractivity contribution is 5.76. The molecule has 1 saturated heterocycles. The maximum atomic E-state index is 13.8. The molecule has 0 aliphatic carbocycles. The predicted molar refractivity (Wildman–Crippen MR) is 77.4 cm³/mol. The number of aromatic nitrogens is 2. The van der Waals surface area contributed by atoms with Gasteiger partial charge in [-0.1, -0.05) is 18.1 Å². The van der Waals surface area contributed by atoms with Crippen molar-refractivity contribution in [2.75, 3.05) is 6.54 Å². The van der Waals surface area contributed by atoms with E-state index in [1.54, 1.807) is 11.8 Å². The molecule has 0 spiro atoms. The SMILES string of the molecule is CC(c1noc(CN2CCCCC2=O)n1)c1c(F)cccc1F. The fraction of sp³-hybridized carbons (Fsp3) is 0.438. The van der Waals surface area contributed by atoms with Crippen LogP contribution < -0.4 is 0 Å². The Bertz CT molecular complexity index is 697. The highest BCUT2D eigenvalue weighted by Gasteiger charge is 2.24. The van der Waals surface area contributed by atoms with Gasteiger partial charge >= 0.3 is 0 Å². The number of rotatable bonds is 4. The quantitative estimate of drug-likeness (QED) is 0.868. The van der Waals surface area contributed by atoms with Gasteiger partial charge < -0.3 is 9.42 Å². The molecule has 1 aliphatic rings. The van der Waals surface area contributed by atoms with Gasteiger partial charge in [-0.15, -0.1) is 0 Å². The molecular weight excluding hydrogens is 304 g/mol. The minimum Gasteiger partial charge on any atom is -0.337 e. The zero-order valence-corrected chi connectivity index (χ0v) is 12.8. The molecule has 0 bridgehead atoms. The van der Waals surface area contributed by atoms with Crippen LogP contribution in [-0.4, -0.2) is 27.5 Å². The van der Waals surface area contributed by atoms with E-state index in [1.807, 2.05) is 0 Å². The van der Waals surface area contributed by atoms with Crippen LogP contribution in [0.15, 0.2) is 22.7 Å². The molecule has 7 heteroatoms. The Morgan fingerprint density at radius 2 is 2.04 bits per heavy atom. The summed E-state index contributed by atoms with van der Waals surface area (Å²) in [5, 5.41) is 3.81. The first-order valence-electron chi connectivity index (χ1n) is 7.60. The third kappa shape index (κ3) is 3.23. The van der Waals surface area contributed by atoms with Crippen molar-refractivity contribution >= 4 is 5.91 Å². The molecule has 1 aliphatic heterocycles. The van der Waals surface area contributed by atoms with E-state index in [0.717, 1.165) is 12.8 Å². The van der Waals surface area contributed by atoms with Crippen LogP contribution in [0.3, 0.4) is 0 Å². The van der Waals surface area contributed by atoms with E-state index >= 15 is 0 Å². The highest BCUT2D eigenvalue weighted by Crippen LogP contribution is 2.27. The number of carbonyl (C=O) groups is 1. The molecule has 0 saturated carbocycles. The summed E-state index contributed by atoms with van der Waals surface area (Å²) in [6.07, 6.45) is 2.37. The highest BCUT2D eigenvalue weighted by atomic mass is 19.1. The molecule has 2 heterocycles. The molecule has 1 aromatic heterocycles. The van der Waals surface area contributed by atoms with Crippen LogP contribution in [0, 0.1) is 11.6 Å². The maximum absolute atomic E-state index is 13.8. The summed E-state index contributed by atoms with van der Waals surface area (Å²) in [4.78, 5) is 17.6. The summed E-state index contributed by atoms with van der Waals surface area (Å²) in [6, 6.07) is 3.70. The van der Waals surface area contributed by atoms with Gasteiger partial charge in [-0.2, -0.15) is 4.98 Å². The average Bonchev–Trinajstić information content (AvgIpc) is 2.98. The number of amides is 1. The molecule has 1 atom stereocenters. The molecule has 122 valence electrons. The Kier molecular flexibility index (Phi) is 4.36. The van der Waals surface area contributed by atoms with E-state index in [1.165, 1.54) is 18.2 Å². The molecule has 1 amide bonds. The number of piperidine rings is 1. The van der Waals surface area contributed by atoms with Gasteiger partial charge in [0, 0.05) is 18.5 Å². The van der Waals surface area contributed by atoms with Crippen molar-refractivity contribution in [1.82, 2.24) is 15.0 Å². The number of carbonyl (C=O) groups excluding carboxylic acids is 1. The van der Waals surface area contributed by atoms with E-state index in [-0.39, 0.29) is 29.7 Å². The van der Waals surface area contributed by atoms with Gasteiger partial charge in [-0.25, -0.2) is 8.78 Å². The Morgan fingerprint density at radius 3 is 2.74 bits per heavy atom. The summed E-state index contributed by atoms with van der Waals surface area (Å²) in [5.74, 6) is -1.42. The second-order valence-corrected chi connectivity index (χ2v) is 5.68. The van der Waals surface area contributed by atoms with Gasteiger partial charge in [0.2, 0.25) is 11.8 Å². The van der Waals surface area contributed by atoms with E-state index in [0.29, 0.717) is 13.0 Å². The minimum absolute atomic E-state index is 0.0594. The molecular formula is C16H17F2N3O2. The zero-order valence-electron chi connectivity index (χ0n) is 12.8. The van der Waals surface area contributed by atoms with E-state index < -0.39 is 17.6 Å². The topological polar surface area (TPSA) is 59.2 Å². The smallest absolute Gasteiger partial charge is 0.246 e. The van der Waals surface area contributed by atoms with Crippen molar-refractivity contribution in [3.05, 3.63) is 47.1 Å². The second kappa shape index (κ2) is 6.44. The minimum atomic E-state index is -0.675. The van der Waals surface area contributed by atoms with Crippen molar-refractivity contribution in [3.63, 3.8) is 0 Å². The van der Waals surface area contributed by atoms with Crippen LogP contribution in [0.4, 0.5) is 8.78 Å². The van der Waals surface area contributed by atoms with Crippen LogP contribution in [0.1, 0.15) is 49.4 Å². The summed E-state index contributed by atoms with van der Waals surface area (Å²) in [6.45, 7) is 2.51. The number of nitrogens with zero attached hydrogens (tertiary/aromatic N) is 3. The molecule has 0 N–H and O–H groups in total. The Labute approximate surface area is 132 Å². The number of likely N-dealkylation sites (tertiary alicyclic amines) is 1. The molecule has 2 aromatic rings. The number of hydrogen-bond acceptors (Lipinski definition) is 4. The molecule has 1 fully saturated rings. The maximum Gasteiger partial charge on any atom is 0.246 e.